The maximum atomic E-state index is 12.0. The topological polar surface area (TPSA) is 93.3 Å². The van der Waals surface area contributed by atoms with Crippen LogP contribution in [0, 0.1) is 0 Å². The number of hydrogen-bond acceptors (Lipinski definition) is 6. The Bertz CT molecular complexity index is 838. The number of piperazine rings is 1. The molecule has 0 saturated carbocycles. The Morgan fingerprint density at radius 3 is 2.50 bits per heavy atom. The van der Waals surface area contributed by atoms with E-state index in [1.54, 1.807) is 29.2 Å². The fourth-order valence-electron chi connectivity index (χ4n) is 2.65. The molecule has 24 heavy (non-hydrogen) atoms. The van der Waals surface area contributed by atoms with Gasteiger partial charge in [-0.1, -0.05) is 0 Å². The Morgan fingerprint density at radius 1 is 1.12 bits per heavy atom. The first-order chi connectivity index (χ1) is 11.4. The predicted molar refractivity (Wildman–Crippen MR) is 88.5 cm³/mol. The molecule has 1 fully saturated rings. The van der Waals surface area contributed by atoms with E-state index in [-0.39, 0.29) is 5.56 Å². The Balaban J connectivity index is 1.61. The molecule has 0 amide bonds. The molecule has 3 heterocycles. The van der Waals surface area contributed by atoms with Crippen LogP contribution in [0.3, 0.4) is 0 Å². The molecule has 2 aromatic rings. The molecule has 1 aliphatic rings. The zero-order valence-electron chi connectivity index (χ0n) is 13.4. The minimum atomic E-state index is -3.12. The molecule has 1 aliphatic heterocycles. The highest BCUT2D eigenvalue weighted by Gasteiger charge is 2.23. The van der Waals surface area contributed by atoms with E-state index >= 15 is 0 Å². The van der Waals surface area contributed by atoms with E-state index in [4.69, 9.17) is 0 Å². The molecule has 0 atom stereocenters. The zero-order valence-corrected chi connectivity index (χ0v) is 14.3. The maximum absolute atomic E-state index is 12.0. The van der Waals surface area contributed by atoms with Crippen molar-refractivity contribution in [1.82, 2.24) is 28.8 Å². The lowest BCUT2D eigenvalue weighted by Gasteiger charge is -2.33. The van der Waals surface area contributed by atoms with Crippen LogP contribution in [-0.2, 0) is 16.6 Å². The summed E-state index contributed by atoms with van der Waals surface area (Å²) >= 11 is 0. The first-order valence-corrected chi connectivity index (χ1v) is 9.54. The highest BCUT2D eigenvalue weighted by atomic mass is 32.2. The molecule has 1 saturated heterocycles. The van der Waals surface area contributed by atoms with Crippen molar-refractivity contribution < 1.29 is 8.42 Å². The van der Waals surface area contributed by atoms with E-state index in [0.717, 1.165) is 0 Å². The van der Waals surface area contributed by atoms with Crippen LogP contribution in [0.5, 0.6) is 0 Å². The highest BCUT2D eigenvalue weighted by molar-refractivity contribution is 7.88. The number of sulfonamides is 1. The summed E-state index contributed by atoms with van der Waals surface area (Å²) < 4.78 is 27.5. The SMILES string of the molecule is CS(=O)(=O)N1CCN(CCn2nc(-n3cccn3)ccc2=O)CC1. The molecule has 0 bridgehead atoms. The normalized spacial score (nSPS) is 17.2. The van der Waals surface area contributed by atoms with Crippen molar-refractivity contribution in [2.45, 2.75) is 6.54 Å². The van der Waals surface area contributed by atoms with E-state index < -0.39 is 10.0 Å². The van der Waals surface area contributed by atoms with Crippen molar-refractivity contribution in [2.75, 3.05) is 39.0 Å². The molecule has 9 nitrogen and oxygen atoms in total. The summed E-state index contributed by atoms with van der Waals surface area (Å²) in [4.78, 5) is 14.1. The van der Waals surface area contributed by atoms with E-state index in [1.807, 2.05) is 0 Å². The van der Waals surface area contributed by atoms with Gasteiger partial charge >= 0.3 is 0 Å². The number of aromatic nitrogens is 4. The first kappa shape index (κ1) is 16.8. The van der Waals surface area contributed by atoms with Crippen LogP contribution in [0.25, 0.3) is 5.82 Å². The monoisotopic (exact) mass is 352 g/mol. The Kier molecular flexibility index (Phi) is 4.78. The summed E-state index contributed by atoms with van der Waals surface area (Å²) in [7, 11) is -3.12. The lowest BCUT2D eigenvalue weighted by Crippen LogP contribution is -2.49. The van der Waals surface area contributed by atoms with Crippen molar-refractivity contribution in [2.24, 2.45) is 0 Å². The second-order valence-electron chi connectivity index (χ2n) is 5.71. The molecule has 10 heteroatoms. The van der Waals surface area contributed by atoms with Gasteiger partial charge in [0.05, 0.1) is 12.8 Å². The van der Waals surface area contributed by atoms with Gasteiger partial charge in [-0.05, 0) is 12.1 Å². The minimum absolute atomic E-state index is 0.166. The summed E-state index contributed by atoms with van der Waals surface area (Å²) in [5.41, 5.74) is -0.166. The summed E-state index contributed by atoms with van der Waals surface area (Å²) in [5.74, 6) is 0.585. The average molecular weight is 352 g/mol. The van der Waals surface area contributed by atoms with Crippen LogP contribution in [0.1, 0.15) is 0 Å². The molecule has 2 aromatic heterocycles. The van der Waals surface area contributed by atoms with Crippen molar-refractivity contribution in [1.29, 1.82) is 0 Å². The lowest BCUT2D eigenvalue weighted by molar-refractivity contribution is 0.180. The average Bonchev–Trinajstić information content (AvgIpc) is 3.08. The third-order valence-corrected chi connectivity index (χ3v) is 5.32. The Labute approximate surface area is 140 Å². The molecule has 3 rings (SSSR count). The summed E-state index contributed by atoms with van der Waals surface area (Å²) in [6, 6.07) is 4.90. The first-order valence-electron chi connectivity index (χ1n) is 7.69. The lowest BCUT2D eigenvalue weighted by atomic mass is 10.3. The molecule has 0 unspecified atom stereocenters. The maximum Gasteiger partial charge on any atom is 0.266 e. The van der Waals surface area contributed by atoms with Crippen LogP contribution in [0.15, 0.2) is 35.4 Å². The summed E-state index contributed by atoms with van der Waals surface area (Å²) in [5, 5.41) is 8.43. The predicted octanol–water partition coefficient (Wildman–Crippen LogP) is -0.994. The fourth-order valence-corrected chi connectivity index (χ4v) is 3.47. The van der Waals surface area contributed by atoms with Crippen molar-refractivity contribution in [3.63, 3.8) is 0 Å². The van der Waals surface area contributed by atoms with Gasteiger partial charge in [0, 0.05) is 51.2 Å². The fraction of sp³-hybridized carbons (Fsp3) is 0.500. The van der Waals surface area contributed by atoms with Crippen LogP contribution < -0.4 is 5.56 Å². The van der Waals surface area contributed by atoms with E-state index in [1.165, 1.54) is 21.3 Å². The number of rotatable bonds is 5. The van der Waals surface area contributed by atoms with Crippen molar-refractivity contribution in [3.8, 4) is 5.82 Å². The molecule has 0 aliphatic carbocycles. The van der Waals surface area contributed by atoms with E-state index in [2.05, 4.69) is 15.1 Å². The van der Waals surface area contributed by atoms with Gasteiger partial charge in [-0.2, -0.15) is 9.40 Å². The van der Waals surface area contributed by atoms with Gasteiger partial charge in [-0.25, -0.2) is 17.8 Å². The second-order valence-corrected chi connectivity index (χ2v) is 7.69. The molecule has 0 aromatic carbocycles. The summed E-state index contributed by atoms with van der Waals surface area (Å²) in [6.07, 6.45) is 4.65. The standard InChI is InChI=1S/C14H20N6O3S/c1-24(22,23)18-10-7-17(8-11-18)9-12-20-14(21)4-3-13(16-20)19-6-2-5-15-19/h2-6H,7-12H2,1H3. The van der Waals surface area contributed by atoms with Gasteiger partial charge in [0.2, 0.25) is 10.0 Å². The summed E-state index contributed by atoms with van der Waals surface area (Å²) in [6.45, 7) is 3.37. The highest BCUT2D eigenvalue weighted by Crippen LogP contribution is 2.06. The van der Waals surface area contributed by atoms with Gasteiger partial charge in [0.15, 0.2) is 5.82 Å². The van der Waals surface area contributed by atoms with Gasteiger partial charge < -0.3 is 0 Å². The molecule has 0 N–H and O–H groups in total. The van der Waals surface area contributed by atoms with Crippen LogP contribution in [0.2, 0.25) is 0 Å². The van der Waals surface area contributed by atoms with Crippen LogP contribution >= 0.6 is 0 Å². The van der Waals surface area contributed by atoms with Crippen LogP contribution in [0.4, 0.5) is 0 Å². The number of hydrogen-bond donors (Lipinski definition) is 0. The smallest absolute Gasteiger partial charge is 0.266 e. The quantitative estimate of drug-likeness (QED) is 0.686. The minimum Gasteiger partial charge on any atom is -0.299 e. The third-order valence-electron chi connectivity index (χ3n) is 4.02. The van der Waals surface area contributed by atoms with E-state index in [9.17, 15) is 13.2 Å². The molecule has 0 spiro atoms. The second kappa shape index (κ2) is 6.83. The molecular formula is C14H20N6O3S. The van der Waals surface area contributed by atoms with Gasteiger partial charge in [-0.3, -0.25) is 9.69 Å². The molecular weight excluding hydrogens is 332 g/mol. The van der Waals surface area contributed by atoms with Crippen molar-refractivity contribution in [3.05, 3.63) is 40.9 Å². The van der Waals surface area contributed by atoms with Gasteiger partial charge in [0.1, 0.15) is 0 Å². The van der Waals surface area contributed by atoms with E-state index in [0.29, 0.717) is 45.1 Å². The molecule has 0 radical (unpaired) electrons. The molecule has 130 valence electrons. The van der Waals surface area contributed by atoms with Crippen molar-refractivity contribution >= 4 is 10.0 Å². The third kappa shape index (κ3) is 3.89. The Morgan fingerprint density at radius 2 is 1.88 bits per heavy atom. The van der Waals surface area contributed by atoms with Gasteiger partial charge in [0.25, 0.3) is 5.56 Å². The number of nitrogens with zero attached hydrogens (tertiary/aromatic N) is 6. The Hall–Kier alpha value is -2.04. The van der Waals surface area contributed by atoms with Crippen LogP contribution in [-0.4, -0.2) is 76.2 Å². The van der Waals surface area contributed by atoms with Gasteiger partial charge in [-0.15, -0.1) is 5.10 Å². The largest absolute Gasteiger partial charge is 0.299 e. The zero-order chi connectivity index (χ0) is 17.2.